The first-order valence-corrected chi connectivity index (χ1v) is 10.8. The maximum atomic E-state index is 13.2. The lowest BCUT2D eigenvalue weighted by Crippen LogP contribution is -2.70. The normalized spacial score (nSPS) is 25.7. The topological polar surface area (TPSA) is 83.9 Å². The Morgan fingerprint density at radius 3 is 2.50 bits per heavy atom. The predicted octanol–water partition coefficient (Wildman–Crippen LogP) is 2.91. The second-order valence-corrected chi connectivity index (χ2v) is 9.70. The third kappa shape index (κ3) is 4.43. The number of esters is 1. The highest BCUT2D eigenvalue weighted by molar-refractivity contribution is 5.98. The number of aliphatic hydroxyl groups is 1. The van der Waals surface area contributed by atoms with Gasteiger partial charge in [0, 0.05) is 13.0 Å². The minimum Gasteiger partial charge on any atom is -0.460 e. The van der Waals surface area contributed by atoms with Crippen molar-refractivity contribution in [3.63, 3.8) is 0 Å². The number of β-lactam (4-membered cyclic amide) rings is 1. The second kappa shape index (κ2) is 8.50. The molecule has 1 aromatic carbocycles. The van der Waals surface area contributed by atoms with Gasteiger partial charge in [0.05, 0.1) is 17.4 Å². The summed E-state index contributed by atoms with van der Waals surface area (Å²) in [6.07, 6.45) is 1.89. The van der Waals surface area contributed by atoms with Crippen molar-refractivity contribution in [2.45, 2.75) is 77.5 Å². The van der Waals surface area contributed by atoms with E-state index >= 15 is 0 Å². The summed E-state index contributed by atoms with van der Waals surface area (Å²) in [4.78, 5) is 40.3. The number of nitrogens with zero attached hydrogens (tertiary/aromatic N) is 1. The fraction of sp³-hybridized carbons (Fsp3) is 0.625. The number of hydrogen-bond donors (Lipinski definition) is 1. The van der Waals surface area contributed by atoms with Gasteiger partial charge in [-0.1, -0.05) is 36.8 Å². The van der Waals surface area contributed by atoms with E-state index < -0.39 is 29.1 Å². The van der Waals surface area contributed by atoms with E-state index in [0.29, 0.717) is 25.8 Å². The number of hydrogen-bond acceptors (Lipinski definition) is 5. The number of amides is 1. The van der Waals surface area contributed by atoms with E-state index in [4.69, 9.17) is 4.74 Å². The highest BCUT2D eigenvalue weighted by Gasteiger charge is 2.63. The SMILES string of the molecule is C[C@@H](O)[C@@H](C(=O)CCc1ccccc1)N1CC2(CCCC2C(=O)OC(C)(C)C)C1=O. The Morgan fingerprint density at radius 2 is 1.93 bits per heavy atom. The molecule has 164 valence electrons. The number of carbonyl (C=O) groups excluding carboxylic acids is 3. The third-order valence-electron chi connectivity index (χ3n) is 6.24. The lowest BCUT2D eigenvalue weighted by atomic mass is 9.69. The zero-order valence-corrected chi connectivity index (χ0v) is 18.4. The molecule has 0 radical (unpaired) electrons. The van der Waals surface area contributed by atoms with Crippen molar-refractivity contribution in [3.8, 4) is 0 Å². The van der Waals surface area contributed by atoms with Crippen LogP contribution in [0.2, 0.25) is 0 Å². The molecule has 4 atom stereocenters. The van der Waals surface area contributed by atoms with E-state index in [1.54, 1.807) is 6.92 Å². The van der Waals surface area contributed by atoms with E-state index in [1.807, 2.05) is 51.1 Å². The van der Waals surface area contributed by atoms with Gasteiger partial charge in [-0.2, -0.15) is 0 Å². The molecule has 1 aliphatic heterocycles. The quantitative estimate of drug-likeness (QED) is 0.547. The molecule has 0 aromatic heterocycles. The molecular weight excluding hydrogens is 382 g/mol. The smallest absolute Gasteiger partial charge is 0.310 e. The van der Waals surface area contributed by atoms with Crippen LogP contribution in [0.3, 0.4) is 0 Å². The molecule has 1 heterocycles. The molecule has 1 aliphatic carbocycles. The highest BCUT2D eigenvalue weighted by atomic mass is 16.6. The Bertz CT molecular complexity index is 798. The molecule has 0 bridgehead atoms. The first-order valence-electron chi connectivity index (χ1n) is 10.8. The lowest BCUT2D eigenvalue weighted by Gasteiger charge is -2.52. The maximum absolute atomic E-state index is 13.2. The van der Waals surface area contributed by atoms with Gasteiger partial charge in [0.2, 0.25) is 5.91 Å². The van der Waals surface area contributed by atoms with Gasteiger partial charge >= 0.3 is 5.97 Å². The van der Waals surface area contributed by atoms with E-state index in [1.165, 1.54) is 4.90 Å². The number of benzene rings is 1. The summed E-state index contributed by atoms with van der Waals surface area (Å²) >= 11 is 0. The summed E-state index contributed by atoms with van der Waals surface area (Å²) in [6, 6.07) is 8.81. The van der Waals surface area contributed by atoms with Crippen LogP contribution in [0.4, 0.5) is 0 Å². The molecule has 2 unspecified atom stereocenters. The monoisotopic (exact) mass is 415 g/mol. The van der Waals surface area contributed by atoms with Crippen LogP contribution in [0.25, 0.3) is 0 Å². The molecule has 1 aromatic rings. The van der Waals surface area contributed by atoms with E-state index in [0.717, 1.165) is 12.0 Å². The number of aryl methyl sites for hydroxylation is 1. The summed E-state index contributed by atoms with van der Waals surface area (Å²) in [5, 5.41) is 10.3. The molecule has 2 fully saturated rings. The standard InChI is InChI=1S/C24H33NO5/c1-16(26)20(19(27)13-12-17-9-6-5-7-10-17)25-15-24(22(25)29)14-8-11-18(24)21(28)30-23(2,3)4/h5-7,9-10,16,18,20,26H,8,11-15H2,1-4H3/t16-,18?,20+,24?/m1/s1. The summed E-state index contributed by atoms with van der Waals surface area (Å²) < 4.78 is 5.55. The number of likely N-dealkylation sites (tertiary alicyclic amines) is 1. The first kappa shape index (κ1) is 22.5. The van der Waals surface area contributed by atoms with Crippen LogP contribution in [-0.2, 0) is 25.5 Å². The number of ketones is 1. The number of Topliss-reactive ketones (excluding diaryl/α,β-unsaturated/α-hetero) is 1. The molecule has 1 amide bonds. The Hall–Kier alpha value is -2.21. The van der Waals surface area contributed by atoms with Gasteiger partial charge in [0.25, 0.3) is 0 Å². The van der Waals surface area contributed by atoms with Crippen molar-refractivity contribution >= 4 is 17.7 Å². The minimum absolute atomic E-state index is 0.149. The average molecular weight is 416 g/mol. The fourth-order valence-corrected chi connectivity index (χ4v) is 4.86. The third-order valence-corrected chi connectivity index (χ3v) is 6.24. The molecule has 1 spiro atoms. The van der Waals surface area contributed by atoms with Gasteiger partial charge in [-0.25, -0.2) is 0 Å². The fourth-order valence-electron chi connectivity index (χ4n) is 4.86. The zero-order chi connectivity index (χ0) is 22.1. The molecule has 1 N–H and O–H groups in total. The van der Waals surface area contributed by atoms with E-state index in [9.17, 15) is 19.5 Å². The van der Waals surface area contributed by atoms with Crippen LogP contribution in [0.1, 0.15) is 58.9 Å². The molecule has 2 aliphatic rings. The van der Waals surface area contributed by atoms with Gasteiger partial charge < -0.3 is 14.7 Å². The molecule has 3 rings (SSSR count). The number of rotatable bonds is 7. The Morgan fingerprint density at radius 1 is 1.27 bits per heavy atom. The minimum atomic E-state index is -0.962. The van der Waals surface area contributed by atoms with Gasteiger partial charge in [-0.3, -0.25) is 14.4 Å². The van der Waals surface area contributed by atoms with Crippen molar-refractivity contribution in [2.24, 2.45) is 11.3 Å². The van der Waals surface area contributed by atoms with E-state index in [2.05, 4.69) is 0 Å². The predicted molar refractivity (Wildman–Crippen MR) is 113 cm³/mol. The van der Waals surface area contributed by atoms with Crippen LogP contribution in [0, 0.1) is 11.3 Å². The van der Waals surface area contributed by atoms with Gasteiger partial charge in [0.1, 0.15) is 11.6 Å². The average Bonchev–Trinajstić information content (AvgIpc) is 3.12. The van der Waals surface area contributed by atoms with Crippen molar-refractivity contribution in [1.29, 1.82) is 0 Å². The molecule has 1 saturated heterocycles. The molecule has 6 nitrogen and oxygen atoms in total. The Kier molecular flexibility index (Phi) is 6.37. The highest BCUT2D eigenvalue weighted by Crippen LogP contribution is 2.52. The van der Waals surface area contributed by atoms with Gasteiger partial charge in [0.15, 0.2) is 5.78 Å². The summed E-state index contributed by atoms with van der Waals surface area (Å²) in [7, 11) is 0. The second-order valence-electron chi connectivity index (χ2n) is 9.70. The Labute approximate surface area is 178 Å². The van der Waals surface area contributed by atoms with Crippen LogP contribution in [0.15, 0.2) is 30.3 Å². The molecule has 6 heteroatoms. The Balaban J connectivity index is 1.69. The van der Waals surface area contributed by atoms with Crippen molar-refractivity contribution < 1.29 is 24.2 Å². The van der Waals surface area contributed by atoms with Crippen molar-refractivity contribution in [3.05, 3.63) is 35.9 Å². The number of ether oxygens (including phenoxy) is 1. The van der Waals surface area contributed by atoms with Crippen LogP contribution >= 0.6 is 0 Å². The van der Waals surface area contributed by atoms with E-state index in [-0.39, 0.29) is 24.1 Å². The molecule has 1 saturated carbocycles. The molecular formula is C24H33NO5. The van der Waals surface area contributed by atoms with Gasteiger partial charge in [-0.05, 0) is 52.5 Å². The number of carbonyl (C=O) groups is 3. The lowest BCUT2D eigenvalue weighted by molar-refractivity contribution is -0.186. The van der Waals surface area contributed by atoms with Crippen molar-refractivity contribution in [2.75, 3.05) is 6.54 Å². The van der Waals surface area contributed by atoms with Crippen molar-refractivity contribution in [1.82, 2.24) is 4.90 Å². The first-order chi connectivity index (χ1) is 14.0. The summed E-state index contributed by atoms with van der Waals surface area (Å²) in [5.41, 5.74) is -0.347. The van der Waals surface area contributed by atoms with Crippen LogP contribution in [-0.4, -0.2) is 52.0 Å². The maximum Gasteiger partial charge on any atom is 0.310 e. The largest absolute Gasteiger partial charge is 0.460 e. The van der Waals surface area contributed by atoms with Gasteiger partial charge in [-0.15, -0.1) is 0 Å². The summed E-state index contributed by atoms with van der Waals surface area (Å²) in [6.45, 7) is 7.31. The number of aliphatic hydroxyl groups excluding tert-OH is 1. The zero-order valence-electron chi connectivity index (χ0n) is 18.4. The van der Waals surface area contributed by atoms with Crippen LogP contribution < -0.4 is 0 Å². The molecule has 30 heavy (non-hydrogen) atoms. The summed E-state index contributed by atoms with van der Waals surface area (Å²) in [5.74, 6) is -1.16. The van der Waals surface area contributed by atoms with Crippen LogP contribution in [0.5, 0.6) is 0 Å².